The van der Waals surface area contributed by atoms with Crippen molar-refractivity contribution in [1.82, 2.24) is 10.2 Å². The summed E-state index contributed by atoms with van der Waals surface area (Å²) in [5, 5.41) is 21.0. The predicted octanol–water partition coefficient (Wildman–Crippen LogP) is 1.57. The summed E-state index contributed by atoms with van der Waals surface area (Å²) in [6.07, 6.45) is 0. The molecule has 0 aliphatic carbocycles. The molecular formula is C19H24N4O4S2. The lowest BCUT2D eigenvalue weighted by Gasteiger charge is -2.49. The molecule has 2 aliphatic heterocycles. The third kappa shape index (κ3) is 3.21. The van der Waals surface area contributed by atoms with Crippen LogP contribution in [-0.4, -0.2) is 49.5 Å². The molecule has 2 aliphatic rings. The number of thiophene rings is 1. The Morgan fingerprint density at radius 3 is 2.48 bits per heavy atom. The summed E-state index contributed by atoms with van der Waals surface area (Å²) in [5.74, 6) is -2.49. The number of nitriles is 1. The number of amides is 2. The molecule has 0 spiro atoms. The molecule has 1 aromatic rings. The molecule has 156 valence electrons. The fourth-order valence-electron chi connectivity index (χ4n) is 3.63. The van der Waals surface area contributed by atoms with Crippen molar-refractivity contribution in [1.29, 1.82) is 5.26 Å². The average Bonchev–Trinajstić information content (AvgIpc) is 3.20. The van der Waals surface area contributed by atoms with E-state index in [1.54, 1.807) is 19.9 Å². The van der Waals surface area contributed by atoms with E-state index in [0.29, 0.717) is 4.88 Å². The van der Waals surface area contributed by atoms with Gasteiger partial charge in [0.15, 0.2) is 0 Å². The molecule has 3 rings (SSSR count). The van der Waals surface area contributed by atoms with E-state index in [0.717, 1.165) is 4.88 Å². The van der Waals surface area contributed by atoms with Gasteiger partial charge in [-0.3, -0.25) is 9.59 Å². The monoisotopic (exact) mass is 436 g/mol. The molecule has 1 aromatic heterocycles. The Hall–Kier alpha value is -2.09. The van der Waals surface area contributed by atoms with Crippen LogP contribution in [0.3, 0.4) is 0 Å². The van der Waals surface area contributed by atoms with Crippen LogP contribution in [0, 0.1) is 11.3 Å². The number of β-lactam (4-membered cyclic amide) rings is 1. The van der Waals surface area contributed by atoms with Crippen LogP contribution < -0.4 is 11.1 Å². The van der Waals surface area contributed by atoms with E-state index >= 15 is 0 Å². The number of hydrogen-bond acceptors (Lipinski definition) is 7. The van der Waals surface area contributed by atoms with Crippen molar-refractivity contribution in [2.24, 2.45) is 5.73 Å². The second-order valence-corrected chi connectivity index (χ2v) is 11.7. The first-order valence-corrected chi connectivity index (χ1v) is 10.8. The van der Waals surface area contributed by atoms with Gasteiger partial charge in [-0.2, -0.15) is 5.26 Å². The van der Waals surface area contributed by atoms with Gasteiger partial charge in [0, 0.05) is 14.5 Å². The summed E-state index contributed by atoms with van der Waals surface area (Å²) in [4.78, 5) is 40.1. The number of nitrogens with zero attached hydrogens (tertiary/aromatic N) is 2. The number of nitrogens with two attached hydrogens (primary N) is 1. The molecule has 2 saturated heterocycles. The smallest absolute Gasteiger partial charge is 0.327 e. The number of rotatable bonds is 4. The quantitative estimate of drug-likeness (QED) is 0.609. The Morgan fingerprint density at radius 2 is 2.00 bits per heavy atom. The van der Waals surface area contributed by atoms with Gasteiger partial charge in [-0.05, 0) is 31.4 Å². The van der Waals surface area contributed by atoms with Crippen molar-refractivity contribution in [3.05, 3.63) is 21.9 Å². The Kier molecular flexibility index (Phi) is 5.01. The SMILES string of the molecule is CC(C)(C)c1ccc(C(N)C(=O)NC2(C#N)C(=O)N3[C@@H](C(=O)O)C(C)(C)S[C@@H]32)s1. The highest BCUT2D eigenvalue weighted by Crippen LogP contribution is 2.54. The number of carboxylic acids is 1. The Morgan fingerprint density at radius 1 is 1.38 bits per heavy atom. The maximum Gasteiger partial charge on any atom is 0.327 e. The van der Waals surface area contributed by atoms with E-state index in [1.165, 1.54) is 28.0 Å². The van der Waals surface area contributed by atoms with Gasteiger partial charge in [0.1, 0.15) is 23.5 Å². The Labute approximate surface area is 177 Å². The second-order valence-electron chi connectivity index (χ2n) is 8.87. The normalized spacial score (nSPS) is 28.9. The minimum atomic E-state index is -1.81. The Balaban J connectivity index is 1.83. The van der Waals surface area contributed by atoms with E-state index in [4.69, 9.17) is 5.73 Å². The predicted molar refractivity (Wildman–Crippen MR) is 110 cm³/mol. The maximum absolute atomic E-state index is 12.8. The van der Waals surface area contributed by atoms with Gasteiger partial charge in [0.05, 0.1) is 0 Å². The highest BCUT2D eigenvalue weighted by molar-refractivity contribution is 8.01. The molecule has 2 amide bonds. The lowest BCUT2D eigenvalue weighted by Crippen LogP contribution is -2.79. The zero-order chi connectivity index (χ0) is 21.9. The van der Waals surface area contributed by atoms with Crippen LogP contribution in [-0.2, 0) is 19.8 Å². The van der Waals surface area contributed by atoms with Gasteiger partial charge in [-0.15, -0.1) is 23.1 Å². The van der Waals surface area contributed by atoms with Crippen LogP contribution in [0.15, 0.2) is 12.1 Å². The van der Waals surface area contributed by atoms with Crippen LogP contribution in [0.5, 0.6) is 0 Å². The lowest BCUT2D eigenvalue weighted by atomic mass is 9.85. The zero-order valence-electron chi connectivity index (χ0n) is 16.8. The molecule has 0 saturated carbocycles. The number of aliphatic carboxylic acids is 1. The molecule has 10 heteroatoms. The fourth-order valence-corrected chi connectivity index (χ4v) is 6.34. The van der Waals surface area contributed by atoms with E-state index in [-0.39, 0.29) is 5.41 Å². The Bertz CT molecular complexity index is 929. The molecule has 0 radical (unpaired) electrons. The summed E-state index contributed by atoms with van der Waals surface area (Å²) >= 11 is 2.61. The molecule has 4 atom stereocenters. The highest BCUT2D eigenvalue weighted by Gasteiger charge is 2.73. The van der Waals surface area contributed by atoms with Gasteiger partial charge in [-0.25, -0.2) is 4.79 Å². The fraction of sp³-hybridized carbons (Fsp3) is 0.579. The summed E-state index contributed by atoms with van der Waals surface area (Å²) in [5.41, 5.74) is 4.21. The number of thioether (sulfide) groups is 1. The minimum Gasteiger partial charge on any atom is -0.480 e. The van der Waals surface area contributed by atoms with Crippen molar-refractivity contribution < 1.29 is 19.5 Å². The number of carboxylic acid groups (broad SMARTS) is 1. The van der Waals surface area contributed by atoms with E-state index in [1.807, 2.05) is 12.1 Å². The summed E-state index contributed by atoms with van der Waals surface area (Å²) in [7, 11) is 0. The molecule has 8 nitrogen and oxygen atoms in total. The van der Waals surface area contributed by atoms with Crippen LogP contribution in [0.2, 0.25) is 0 Å². The molecule has 2 unspecified atom stereocenters. The third-order valence-corrected chi connectivity index (χ3v) is 8.46. The number of fused-ring (bicyclic) bond motifs is 1. The summed E-state index contributed by atoms with van der Waals surface area (Å²) in [6, 6.07) is 3.50. The number of nitrogens with one attached hydrogen (secondary N) is 1. The maximum atomic E-state index is 12.8. The summed E-state index contributed by atoms with van der Waals surface area (Å²) < 4.78 is -0.799. The van der Waals surface area contributed by atoms with Crippen molar-refractivity contribution >= 4 is 40.9 Å². The van der Waals surface area contributed by atoms with E-state index in [9.17, 15) is 24.8 Å². The largest absolute Gasteiger partial charge is 0.480 e. The first-order valence-electron chi connectivity index (χ1n) is 9.09. The van der Waals surface area contributed by atoms with Gasteiger partial charge in [0.2, 0.25) is 11.4 Å². The third-order valence-electron chi connectivity index (χ3n) is 5.23. The number of hydrogen-bond donors (Lipinski definition) is 3. The molecule has 4 N–H and O–H groups in total. The molecule has 3 heterocycles. The first-order chi connectivity index (χ1) is 13.3. The lowest BCUT2D eigenvalue weighted by molar-refractivity contribution is -0.165. The van der Waals surface area contributed by atoms with Gasteiger partial charge < -0.3 is 21.1 Å². The molecule has 2 fully saturated rings. The van der Waals surface area contributed by atoms with Crippen LogP contribution >= 0.6 is 23.1 Å². The van der Waals surface area contributed by atoms with Gasteiger partial charge in [-0.1, -0.05) is 20.8 Å². The van der Waals surface area contributed by atoms with Crippen molar-refractivity contribution in [2.45, 2.75) is 67.8 Å². The van der Waals surface area contributed by atoms with Crippen LogP contribution in [0.4, 0.5) is 0 Å². The molecule has 0 aromatic carbocycles. The number of carbonyl (C=O) groups is 3. The average molecular weight is 437 g/mol. The van der Waals surface area contributed by atoms with Gasteiger partial charge in [0.25, 0.3) is 5.91 Å². The van der Waals surface area contributed by atoms with Crippen LogP contribution in [0.25, 0.3) is 0 Å². The minimum absolute atomic E-state index is 0.0880. The van der Waals surface area contributed by atoms with Crippen molar-refractivity contribution in [3.63, 3.8) is 0 Å². The summed E-state index contributed by atoms with van der Waals surface area (Å²) in [6.45, 7) is 9.57. The highest BCUT2D eigenvalue weighted by atomic mass is 32.2. The van der Waals surface area contributed by atoms with Crippen LogP contribution in [0.1, 0.15) is 50.4 Å². The zero-order valence-corrected chi connectivity index (χ0v) is 18.5. The first kappa shape index (κ1) is 21.6. The second kappa shape index (κ2) is 6.72. The topological polar surface area (TPSA) is 137 Å². The van der Waals surface area contributed by atoms with Crippen molar-refractivity contribution in [3.8, 4) is 6.07 Å². The number of carbonyl (C=O) groups excluding carboxylic acids is 2. The van der Waals surface area contributed by atoms with E-state index in [2.05, 4.69) is 26.1 Å². The standard InChI is InChI=1S/C19H24N4O4S2/c1-17(2,3)10-7-6-9(28-10)11(21)13(24)22-19(8-20)15(27)23-12(14(25)26)18(4,5)29-16(19)23/h6-7,11-12,16H,21H2,1-5H3,(H,22,24)(H,25,26)/t11?,12-,16+,19?/m0/s1. The van der Waals surface area contributed by atoms with Crippen molar-refractivity contribution in [2.75, 3.05) is 0 Å². The van der Waals surface area contributed by atoms with Gasteiger partial charge >= 0.3 is 5.97 Å². The molecule has 29 heavy (non-hydrogen) atoms. The van der Waals surface area contributed by atoms with E-state index < -0.39 is 45.5 Å². The molecular weight excluding hydrogens is 412 g/mol. The molecule has 0 bridgehead atoms.